The number of benzene rings is 2. The van der Waals surface area contributed by atoms with E-state index in [1.165, 1.54) is 22.5 Å². The fourth-order valence-electron chi connectivity index (χ4n) is 2.68. The molecule has 0 saturated carbocycles. The van der Waals surface area contributed by atoms with Crippen LogP contribution in [0.2, 0.25) is 0 Å². The molecule has 6 nitrogen and oxygen atoms in total. The lowest BCUT2D eigenvalue weighted by molar-refractivity contribution is -0.0504. The van der Waals surface area contributed by atoms with E-state index in [1.807, 2.05) is 0 Å². The summed E-state index contributed by atoms with van der Waals surface area (Å²) in [7, 11) is -3.88. The summed E-state index contributed by atoms with van der Waals surface area (Å²) in [5.74, 6) is -1.91. The van der Waals surface area contributed by atoms with E-state index < -0.39 is 33.9 Å². The summed E-state index contributed by atoms with van der Waals surface area (Å²) in [5.41, 5.74) is -0.209. The Morgan fingerprint density at radius 1 is 1.14 bits per heavy atom. The van der Waals surface area contributed by atoms with E-state index in [2.05, 4.69) is 10.1 Å². The molecule has 1 amide bonds. The SMILES string of the molecule is CCN(CC)S(=O)(=O)c1ccc(F)c(C(=O)NCc2ccccc2OC(F)F)c1. The normalized spacial score (nSPS) is 11.7. The molecule has 2 aromatic carbocycles. The van der Waals surface area contributed by atoms with Crippen molar-refractivity contribution in [2.75, 3.05) is 13.1 Å². The van der Waals surface area contributed by atoms with Crippen LogP contribution in [0, 0.1) is 5.82 Å². The minimum atomic E-state index is -3.88. The molecule has 0 aliphatic carbocycles. The highest BCUT2D eigenvalue weighted by Crippen LogP contribution is 2.22. The van der Waals surface area contributed by atoms with Gasteiger partial charge in [0, 0.05) is 25.2 Å². The first kappa shape index (κ1) is 22.7. The number of sulfonamides is 1. The number of ether oxygens (including phenoxy) is 1. The maximum Gasteiger partial charge on any atom is 0.387 e. The number of nitrogens with one attached hydrogen (secondary N) is 1. The molecular weight excluding hydrogens is 409 g/mol. The predicted molar refractivity (Wildman–Crippen MR) is 101 cm³/mol. The summed E-state index contributed by atoms with van der Waals surface area (Å²) in [6.07, 6.45) is 0. The lowest BCUT2D eigenvalue weighted by Crippen LogP contribution is -2.31. The molecule has 29 heavy (non-hydrogen) atoms. The number of carbonyl (C=O) groups excluding carboxylic acids is 1. The molecule has 2 aromatic rings. The van der Waals surface area contributed by atoms with E-state index in [9.17, 15) is 26.4 Å². The van der Waals surface area contributed by atoms with Gasteiger partial charge < -0.3 is 10.1 Å². The van der Waals surface area contributed by atoms with Crippen molar-refractivity contribution < 1.29 is 31.1 Å². The number of amides is 1. The minimum absolute atomic E-state index is 0.124. The average molecular weight is 430 g/mol. The van der Waals surface area contributed by atoms with Crippen molar-refractivity contribution in [1.29, 1.82) is 0 Å². The quantitative estimate of drug-likeness (QED) is 0.662. The number of alkyl halides is 2. The van der Waals surface area contributed by atoms with Crippen molar-refractivity contribution in [2.24, 2.45) is 0 Å². The molecule has 1 N–H and O–H groups in total. The molecule has 0 aromatic heterocycles. The van der Waals surface area contributed by atoms with Crippen molar-refractivity contribution >= 4 is 15.9 Å². The Balaban J connectivity index is 2.24. The van der Waals surface area contributed by atoms with Crippen LogP contribution in [-0.2, 0) is 16.6 Å². The Labute approximate surface area is 167 Å². The van der Waals surface area contributed by atoms with Crippen LogP contribution in [0.4, 0.5) is 13.2 Å². The predicted octanol–water partition coefficient (Wildman–Crippen LogP) is 3.39. The van der Waals surface area contributed by atoms with E-state index >= 15 is 0 Å². The number of para-hydroxylation sites is 1. The summed E-state index contributed by atoms with van der Waals surface area (Å²) in [6, 6.07) is 8.79. The topological polar surface area (TPSA) is 75.7 Å². The van der Waals surface area contributed by atoms with Crippen LogP contribution in [-0.4, -0.2) is 38.3 Å². The van der Waals surface area contributed by atoms with Crippen LogP contribution in [0.3, 0.4) is 0 Å². The van der Waals surface area contributed by atoms with Crippen molar-refractivity contribution in [1.82, 2.24) is 9.62 Å². The first-order valence-corrected chi connectivity index (χ1v) is 10.2. The van der Waals surface area contributed by atoms with Gasteiger partial charge in [-0.15, -0.1) is 0 Å². The van der Waals surface area contributed by atoms with Gasteiger partial charge in [-0.3, -0.25) is 4.79 Å². The molecule has 158 valence electrons. The number of hydrogen-bond acceptors (Lipinski definition) is 4. The number of carbonyl (C=O) groups is 1. The molecule has 0 unspecified atom stereocenters. The lowest BCUT2D eigenvalue weighted by Gasteiger charge is -2.19. The van der Waals surface area contributed by atoms with Crippen molar-refractivity contribution in [2.45, 2.75) is 31.9 Å². The first-order valence-electron chi connectivity index (χ1n) is 8.81. The smallest absolute Gasteiger partial charge is 0.387 e. The zero-order chi connectivity index (χ0) is 21.6. The Morgan fingerprint density at radius 2 is 1.79 bits per heavy atom. The van der Waals surface area contributed by atoms with Gasteiger partial charge >= 0.3 is 6.61 Å². The zero-order valence-electron chi connectivity index (χ0n) is 15.9. The Kier molecular flexibility index (Phi) is 7.63. The molecule has 10 heteroatoms. The van der Waals surface area contributed by atoms with Gasteiger partial charge in [0.25, 0.3) is 5.91 Å². The van der Waals surface area contributed by atoms with Gasteiger partial charge in [-0.25, -0.2) is 12.8 Å². The van der Waals surface area contributed by atoms with E-state index in [0.717, 1.165) is 18.2 Å². The zero-order valence-corrected chi connectivity index (χ0v) is 16.7. The van der Waals surface area contributed by atoms with Gasteiger partial charge in [0.15, 0.2) is 0 Å². The molecule has 0 spiro atoms. The van der Waals surface area contributed by atoms with Crippen LogP contribution >= 0.6 is 0 Å². The van der Waals surface area contributed by atoms with Crippen LogP contribution in [0.5, 0.6) is 5.75 Å². The second-order valence-electron chi connectivity index (χ2n) is 5.90. The van der Waals surface area contributed by atoms with Gasteiger partial charge in [0.1, 0.15) is 11.6 Å². The average Bonchev–Trinajstić information content (AvgIpc) is 2.67. The van der Waals surface area contributed by atoms with Crippen molar-refractivity contribution in [3.63, 3.8) is 0 Å². The van der Waals surface area contributed by atoms with Crippen LogP contribution < -0.4 is 10.1 Å². The number of rotatable bonds is 9. The Hall–Kier alpha value is -2.59. The standard InChI is InChI=1S/C19H21F3N2O4S/c1-3-24(4-2)29(26,27)14-9-10-16(20)15(11-14)18(25)23-12-13-7-5-6-8-17(13)28-19(21)22/h5-11,19H,3-4,12H2,1-2H3,(H,23,25). The third kappa shape index (κ3) is 5.48. The number of hydrogen-bond donors (Lipinski definition) is 1. The largest absolute Gasteiger partial charge is 0.434 e. The van der Waals surface area contributed by atoms with Crippen molar-refractivity contribution in [3.8, 4) is 5.75 Å². The molecule has 0 aliphatic rings. The van der Waals surface area contributed by atoms with Gasteiger partial charge in [-0.2, -0.15) is 13.1 Å². The fraction of sp³-hybridized carbons (Fsp3) is 0.316. The molecule has 0 aliphatic heterocycles. The highest BCUT2D eigenvalue weighted by Gasteiger charge is 2.24. The summed E-state index contributed by atoms with van der Waals surface area (Å²) in [4.78, 5) is 12.2. The highest BCUT2D eigenvalue weighted by atomic mass is 32.2. The van der Waals surface area contributed by atoms with E-state index in [0.29, 0.717) is 0 Å². The molecule has 0 atom stereocenters. The van der Waals surface area contributed by atoms with Crippen LogP contribution in [0.1, 0.15) is 29.8 Å². The second-order valence-corrected chi connectivity index (χ2v) is 7.84. The molecular formula is C19H21F3N2O4S. The van der Waals surface area contributed by atoms with E-state index in [1.54, 1.807) is 19.9 Å². The molecule has 0 bridgehead atoms. The van der Waals surface area contributed by atoms with Gasteiger partial charge in [-0.1, -0.05) is 32.0 Å². The maximum absolute atomic E-state index is 14.2. The van der Waals surface area contributed by atoms with Crippen molar-refractivity contribution in [3.05, 3.63) is 59.4 Å². The second kappa shape index (κ2) is 9.75. The van der Waals surface area contributed by atoms with Gasteiger partial charge in [-0.05, 0) is 24.3 Å². The molecule has 0 heterocycles. The molecule has 2 rings (SSSR count). The summed E-state index contributed by atoms with van der Waals surface area (Å²) in [5, 5.41) is 2.39. The molecule has 0 radical (unpaired) electrons. The van der Waals surface area contributed by atoms with Crippen LogP contribution in [0.25, 0.3) is 0 Å². The van der Waals surface area contributed by atoms with E-state index in [4.69, 9.17) is 0 Å². The Morgan fingerprint density at radius 3 is 2.41 bits per heavy atom. The monoisotopic (exact) mass is 430 g/mol. The third-order valence-electron chi connectivity index (χ3n) is 4.15. The highest BCUT2D eigenvalue weighted by molar-refractivity contribution is 7.89. The van der Waals surface area contributed by atoms with Gasteiger partial charge in [0.05, 0.1) is 10.5 Å². The first-order chi connectivity index (χ1) is 13.7. The molecule has 0 fully saturated rings. The fourth-order valence-corrected chi connectivity index (χ4v) is 4.17. The third-order valence-corrected chi connectivity index (χ3v) is 6.20. The lowest BCUT2D eigenvalue weighted by atomic mass is 10.1. The summed E-state index contributed by atoms with van der Waals surface area (Å²) < 4.78 is 69.9. The Bertz CT molecular complexity index is 964. The van der Waals surface area contributed by atoms with Crippen LogP contribution in [0.15, 0.2) is 47.4 Å². The number of halogens is 3. The summed E-state index contributed by atoms with van der Waals surface area (Å²) in [6.45, 7) is 0.519. The summed E-state index contributed by atoms with van der Waals surface area (Å²) >= 11 is 0. The minimum Gasteiger partial charge on any atom is -0.434 e. The molecule has 0 saturated heterocycles. The van der Waals surface area contributed by atoms with Gasteiger partial charge in [0.2, 0.25) is 10.0 Å². The van der Waals surface area contributed by atoms with E-state index in [-0.39, 0.29) is 35.8 Å². The number of nitrogens with zero attached hydrogens (tertiary/aromatic N) is 1. The maximum atomic E-state index is 14.2.